The number of nitrogens with one attached hydrogen (secondary N) is 3. The molecular formula is C20H23N3O3. The van der Waals surface area contributed by atoms with Crippen LogP contribution in [0, 0.1) is 0 Å². The van der Waals surface area contributed by atoms with Gasteiger partial charge in [0.15, 0.2) is 0 Å². The molecule has 0 spiro atoms. The van der Waals surface area contributed by atoms with Gasteiger partial charge in [0.2, 0.25) is 5.91 Å². The molecule has 0 radical (unpaired) electrons. The maximum absolute atomic E-state index is 12.2. The highest BCUT2D eigenvalue weighted by atomic mass is 16.5. The zero-order valence-corrected chi connectivity index (χ0v) is 15.0. The summed E-state index contributed by atoms with van der Waals surface area (Å²) in [5.41, 5.74) is 2.48. The van der Waals surface area contributed by atoms with Crippen LogP contribution in [-0.2, 0) is 10.2 Å². The van der Waals surface area contributed by atoms with Crippen molar-refractivity contribution >= 4 is 23.3 Å². The maximum atomic E-state index is 12.2. The quantitative estimate of drug-likeness (QED) is 0.743. The van der Waals surface area contributed by atoms with Gasteiger partial charge in [-0.1, -0.05) is 30.3 Å². The van der Waals surface area contributed by atoms with Gasteiger partial charge in [-0.3, -0.25) is 4.79 Å². The molecule has 2 aromatic carbocycles. The SMILES string of the molecule is COc1cc(NC(=O)NCC2(c3ccccc3)CC2)ccc1NC(C)=O. The van der Waals surface area contributed by atoms with Crippen molar-refractivity contribution in [3.05, 3.63) is 54.1 Å². The molecule has 0 aromatic heterocycles. The fraction of sp³-hybridized carbons (Fsp3) is 0.300. The molecule has 2 aromatic rings. The summed E-state index contributed by atoms with van der Waals surface area (Å²) in [4.78, 5) is 23.4. The van der Waals surface area contributed by atoms with Crippen LogP contribution in [0.4, 0.5) is 16.2 Å². The Morgan fingerprint density at radius 3 is 2.42 bits per heavy atom. The predicted octanol–water partition coefficient (Wildman–Crippen LogP) is 3.51. The van der Waals surface area contributed by atoms with E-state index in [1.54, 1.807) is 18.2 Å². The van der Waals surface area contributed by atoms with Crippen molar-refractivity contribution < 1.29 is 14.3 Å². The summed E-state index contributed by atoms with van der Waals surface area (Å²) in [5, 5.41) is 8.45. The van der Waals surface area contributed by atoms with Gasteiger partial charge in [0.25, 0.3) is 0 Å². The van der Waals surface area contributed by atoms with E-state index in [0.717, 1.165) is 12.8 Å². The first-order chi connectivity index (χ1) is 12.5. The van der Waals surface area contributed by atoms with Gasteiger partial charge in [-0.2, -0.15) is 0 Å². The number of carbonyl (C=O) groups excluding carboxylic acids is 2. The second kappa shape index (κ2) is 7.47. The van der Waals surface area contributed by atoms with Gasteiger partial charge < -0.3 is 20.7 Å². The van der Waals surface area contributed by atoms with E-state index in [9.17, 15) is 9.59 Å². The van der Waals surface area contributed by atoms with Crippen molar-refractivity contribution in [3.8, 4) is 5.75 Å². The third-order valence-corrected chi connectivity index (χ3v) is 4.60. The van der Waals surface area contributed by atoms with E-state index in [0.29, 0.717) is 23.7 Å². The largest absolute Gasteiger partial charge is 0.494 e. The van der Waals surface area contributed by atoms with Gasteiger partial charge in [-0.05, 0) is 30.5 Å². The molecule has 0 atom stereocenters. The van der Waals surface area contributed by atoms with E-state index < -0.39 is 0 Å². The highest BCUT2D eigenvalue weighted by molar-refractivity contribution is 5.93. The molecule has 1 fully saturated rings. The molecule has 0 heterocycles. The third kappa shape index (κ3) is 4.14. The number of anilines is 2. The second-order valence-electron chi connectivity index (χ2n) is 6.55. The molecule has 3 N–H and O–H groups in total. The highest BCUT2D eigenvalue weighted by Gasteiger charge is 2.44. The van der Waals surface area contributed by atoms with Crippen LogP contribution < -0.4 is 20.7 Å². The van der Waals surface area contributed by atoms with Crippen LogP contribution in [0.15, 0.2) is 48.5 Å². The van der Waals surface area contributed by atoms with Crippen LogP contribution in [0.3, 0.4) is 0 Å². The molecule has 1 aliphatic carbocycles. The van der Waals surface area contributed by atoms with Crippen LogP contribution in [0.1, 0.15) is 25.3 Å². The Morgan fingerprint density at radius 2 is 1.81 bits per heavy atom. The van der Waals surface area contributed by atoms with E-state index >= 15 is 0 Å². The molecule has 26 heavy (non-hydrogen) atoms. The van der Waals surface area contributed by atoms with E-state index in [2.05, 4.69) is 28.1 Å². The maximum Gasteiger partial charge on any atom is 0.319 e. The van der Waals surface area contributed by atoms with E-state index in [1.165, 1.54) is 19.6 Å². The minimum atomic E-state index is -0.262. The summed E-state index contributed by atoms with van der Waals surface area (Å²) in [6.07, 6.45) is 2.16. The molecule has 136 valence electrons. The summed E-state index contributed by atoms with van der Waals surface area (Å²) in [6.45, 7) is 2.03. The molecule has 3 rings (SSSR count). The number of rotatable bonds is 6. The summed E-state index contributed by atoms with van der Waals surface area (Å²) < 4.78 is 5.26. The van der Waals surface area contributed by atoms with Crippen molar-refractivity contribution in [2.24, 2.45) is 0 Å². The van der Waals surface area contributed by atoms with Crippen molar-refractivity contribution in [3.63, 3.8) is 0 Å². The number of amides is 3. The Labute approximate surface area is 152 Å². The van der Waals surface area contributed by atoms with Crippen molar-refractivity contribution in [1.82, 2.24) is 5.32 Å². The number of hydrogen-bond donors (Lipinski definition) is 3. The fourth-order valence-corrected chi connectivity index (χ4v) is 3.00. The Bertz CT molecular complexity index is 801. The van der Waals surface area contributed by atoms with Crippen molar-refractivity contribution in [2.75, 3.05) is 24.3 Å². The molecule has 6 nitrogen and oxygen atoms in total. The van der Waals surface area contributed by atoms with Gasteiger partial charge in [-0.15, -0.1) is 0 Å². The molecule has 0 unspecified atom stereocenters. The van der Waals surface area contributed by atoms with E-state index in [4.69, 9.17) is 4.74 Å². The van der Waals surface area contributed by atoms with Gasteiger partial charge in [0.05, 0.1) is 12.8 Å². The monoisotopic (exact) mass is 353 g/mol. The van der Waals surface area contributed by atoms with Gasteiger partial charge in [0.1, 0.15) is 5.75 Å². The normalized spacial score (nSPS) is 14.2. The lowest BCUT2D eigenvalue weighted by Crippen LogP contribution is -2.35. The molecular weight excluding hydrogens is 330 g/mol. The Morgan fingerprint density at radius 1 is 1.08 bits per heavy atom. The van der Waals surface area contributed by atoms with Crippen LogP contribution >= 0.6 is 0 Å². The van der Waals surface area contributed by atoms with Crippen LogP contribution in [-0.4, -0.2) is 25.6 Å². The average Bonchev–Trinajstić information content (AvgIpc) is 3.43. The lowest BCUT2D eigenvalue weighted by atomic mass is 9.96. The number of urea groups is 1. The summed E-state index contributed by atoms with van der Waals surface area (Å²) >= 11 is 0. The molecule has 0 saturated heterocycles. The Balaban J connectivity index is 1.59. The first-order valence-corrected chi connectivity index (χ1v) is 8.58. The average molecular weight is 353 g/mol. The van der Waals surface area contributed by atoms with Crippen LogP contribution in [0.2, 0.25) is 0 Å². The number of hydrogen-bond acceptors (Lipinski definition) is 3. The number of benzene rings is 2. The van der Waals surface area contributed by atoms with Crippen LogP contribution in [0.5, 0.6) is 5.75 Å². The zero-order valence-electron chi connectivity index (χ0n) is 15.0. The molecule has 6 heteroatoms. The topological polar surface area (TPSA) is 79.5 Å². The van der Waals surface area contributed by atoms with E-state index in [-0.39, 0.29) is 17.4 Å². The van der Waals surface area contributed by atoms with Gasteiger partial charge >= 0.3 is 6.03 Å². The third-order valence-electron chi connectivity index (χ3n) is 4.60. The zero-order chi connectivity index (χ0) is 18.6. The standard InChI is InChI=1S/C20H23N3O3/c1-14(24)22-17-9-8-16(12-18(17)26-2)23-19(25)21-13-20(10-11-20)15-6-4-3-5-7-15/h3-9,12H,10-11,13H2,1-2H3,(H,22,24)(H2,21,23,25). The minimum absolute atomic E-state index is 0.0611. The Kier molecular flexibility index (Phi) is 5.11. The van der Waals surface area contributed by atoms with Crippen molar-refractivity contribution in [2.45, 2.75) is 25.2 Å². The molecule has 0 aliphatic heterocycles. The highest BCUT2D eigenvalue weighted by Crippen LogP contribution is 2.47. The number of methoxy groups -OCH3 is 1. The van der Waals surface area contributed by atoms with E-state index in [1.807, 2.05) is 18.2 Å². The smallest absolute Gasteiger partial charge is 0.319 e. The Hall–Kier alpha value is -3.02. The molecule has 1 saturated carbocycles. The molecule has 3 amide bonds. The summed E-state index contributed by atoms with van der Waals surface area (Å²) in [6, 6.07) is 15.1. The minimum Gasteiger partial charge on any atom is -0.494 e. The van der Waals surface area contributed by atoms with Crippen molar-refractivity contribution in [1.29, 1.82) is 0 Å². The first kappa shape index (κ1) is 17.8. The fourth-order valence-electron chi connectivity index (χ4n) is 3.00. The lowest BCUT2D eigenvalue weighted by molar-refractivity contribution is -0.114. The molecule has 0 bridgehead atoms. The predicted molar refractivity (Wildman–Crippen MR) is 102 cm³/mol. The second-order valence-corrected chi connectivity index (χ2v) is 6.55. The van der Waals surface area contributed by atoms with Gasteiger partial charge in [0, 0.05) is 30.6 Å². The summed E-state index contributed by atoms with van der Waals surface area (Å²) in [5.74, 6) is 0.304. The number of ether oxygens (including phenoxy) is 1. The molecule has 1 aliphatic rings. The summed E-state index contributed by atoms with van der Waals surface area (Å²) in [7, 11) is 1.52. The van der Waals surface area contributed by atoms with Gasteiger partial charge in [-0.25, -0.2) is 4.79 Å². The number of carbonyl (C=O) groups is 2. The lowest BCUT2D eigenvalue weighted by Gasteiger charge is -2.17. The first-order valence-electron chi connectivity index (χ1n) is 8.58. The van der Waals surface area contributed by atoms with Crippen LogP contribution in [0.25, 0.3) is 0 Å².